The fourth-order valence-electron chi connectivity index (χ4n) is 1.97. The predicted octanol–water partition coefficient (Wildman–Crippen LogP) is 4.79. The van der Waals surface area contributed by atoms with Crippen molar-refractivity contribution in [2.75, 3.05) is 0 Å². The third-order valence-corrected chi connectivity index (χ3v) is 3.94. The Bertz CT molecular complexity index is 636. The van der Waals surface area contributed by atoms with Crippen molar-refractivity contribution < 1.29 is 4.74 Å². The molecule has 2 heteroatoms. The quantitative estimate of drug-likeness (QED) is 0.653. The Kier molecular flexibility index (Phi) is 3.03. The number of benzene rings is 2. The van der Waals surface area contributed by atoms with E-state index in [9.17, 15) is 0 Å². The van der Waals surface area contributed by atoms with Crippen LogP contribution in [0.1, 0.15) is 10.4 Å². The van der Waals surface area contributed by atoms with Gasteiger partial charge in [0.1, 0.15) is 12.4 Å². The van der Waals surface area contributed by atoms with Crippen molar-refractivity contribution >= 4 is 21.4 Å². The lowest BCUT2D eigenvalue weighted by atomic mass is 10.2. The molecule has 0 aliphatic rings. The first kappa shape index (κ1) is 11.3. The number of rotatable bonds is 3. The van der Waals surface area contributed by atoms with E-state index in [4.69, 9.17) is 4.74 Å². The zero-order chi connectivity index (χ0) is 12.4. The summed E-state index contributed by atoms with van der Waals surface area (Å²) in [5.74, 6) is 0.937. The molecule has 0 saturated carbocycles. The van der Waals surface area contributed by atoms with Gasteiger partial charge in [-0.2, -0.15) is 0 Å². The highest BCUT2D eigenvalue weighted by Crippen LogP contribution is 2.26. The normalized spacial score (nSPS) is 10.7. The molecule has 1 nitrogen and oxygen atoms in total. The molecule has 1 aromatic heterocycles. The van der Waals surface area contributed by atoms with Gasteiger partial charge in [0.25, 0.3) is 0 Å². The van der Waals surface area contributed by atoms with Crippen molar-refractivity contribution in [3.8, 4) is 5.75 Å². The summed E-state index contributed by atoms with van der Waals surface area (Å²) in [6.45, 7) is 2.72. The Hall–Kier alpha value is -1.80. The zero-order valence-corrected chi connectivity index (χ0v) is 11.0. The van der Waals surface area contributed by atoms with Crippen LogP contribution in [0.4, 0.5) is 0 Å². The maximum Gasteiger partial charge on any atom is 0.122 e. The number of ether oxygens (including phenoxy) is 1. The maximum absolute atomic E-state index is 5.81. The van der Waals surface area contributed by atoms with E-state index < -0.39 is 0 Å². The Balaban J connectivity index is 1.76. The van der Waals surface area contributed by atoms with Crippen molar-refractivity contribution in [2.24, 2.45) is 0 Å². The molecule has 0 N–H and O–H groups in total. The lowest BCUT2D eigenvalue weighted by Gasteiger charge is -2.04. The van der Waals surface area contributed by atoms with Crippen molar-refractivity contribution in [3.63, 3.8) is 0 Å². The second kappa shape index (κ2) is 4.83. The highest BCUT2D eigenvalue weighted by Gasteiger charge is 2.02. The van der Waals surface area contributed by atoms with Crippen LogP contribution in [0.3, 0.4) is 0 Å². The SMILES string of the molecule is Cc1cccc(OCc2cc3ccccc3s2)c1. The van der Waals surface area contributed by atoms with Crippen LogP contribution in [0.5, 0.6) is 5.75 Å². The van der Waals surface area contributed by atoms with E-state index in [1.165, 1.54) is 20.5 Å². The predicted molar refractivity (Wildman–Crippen MR) is 77.3 cm³/mol. The third-order valence-electron chi connectivity index (χ3n) is 2.85. The molecule has 3 rings (SSSR count). The van der Waals surface area contributed by atoms with E-state index in [1.807, 2.05) is 12.1 Å². The molecule has 0 unspecified atom stereocenters. The first-order valence-corrected chi connectivity index (χ1v) is 6.80. The van der Waals surface area contributed by atoms with Gasteiger partial charge < -0.3 is 4.74 Å². The first-order chi connectivity index (χ1) is 8.81. The minimum atomic E-state index is 0.642. The summed E-state index contributed by atoms with van der Waals surface area (Å²) in [6.07, 6.45) is 0. The highest BCUT2D eigenvalue weighted by atomic mass is 32.1. The summed E-state index contributed by atoms with van der Waals surface area (Å²) >= 11 is 1.80. The standard InChI is InChI=1S/C16H14OS/c1-12-5-4-7-14(9-12)17-11-15-10-13-6-2-3-8-16(13)18-15/h2-10H,11H2,1H3. The van der Waals surface area contributed by atoms with Crippen LogP contribution >= 0.6 is 11.3 Å². The lowest BCUT2D eigenvalue weighted by molar-refractivity contribution is 0.309. The second-order valence-corrected chi connectivity index (χ2v) is 5.52. The van der Waals surface area contributed by atoms with Gasteiger partial charge in [-0.3, -0.25) is 0 Å². The summed E-state index contributed by atoms with van der Waals surface area (Å²) in [5.41, 5.74) is 1.23. The molecule has 0 aliphatic heterocycles. The van der Waals surface area contributed by atoms with E-state index in [0.717, 1.165) is 5.75 Å². The third kappa shape index (κ3) is 2.39. The minimum Gasteiger partial charge on any atom is -0.488 e. The molecular weight excluding hydrogens is 240 g/mol. The van der Waals surface area contributed by atoms with Gasteiger partial charge >= 0.3 is 0 Å². The molecule has 0 fully saturated rings. The number of fused-ring (bicyclic) bond motifs is 1. The molecular formula is C16H14OS. The monoisotopic (exact) mass is 254 g/mol. The topological polar surface area (TPSA) is 9.23 Å². The van der Waals surface area contributed by atoms with Crippen LogP contribution in [-0.2, 0) is 6.61 Å². The second-order valence-electron chi connectivity index (χ2n) is 4.36. The fraction of sp³-hybridized carbons (Fsp3) is 0.125. The minimum absolute atomic E-state index is 0.642. The molecule has 0 spiro atoms. The van der Waals surface area contributed by atoms with E-state index in [-0.39, 0.29) is 0 Å². The summed E-state index contributed by atoms with van der Waals surface area (Å²) < 4.78 is 7.13. The van der Waals surface area contributed by atoms with Crippen LogP contribution in [0.15, 0.2) is 54.6 Å². The summed E-state index contributed by atoms with van der Waals surface area (Å²) in [6, 6.07) is 18.8. The molecule has 0 radical (unpaired) electrons. The molecule has 2 aromatic carbocycles. The van der Waals surface area contributed by atoms with E-state index in [2.05, 4.69) is 49.4 Å². The smallest absolute Gasteiger partial charge is 0.122 e. The molecule has 0 saturated heterocycles. The summed E-state index contributed by atoms with van der Waals surface area (Å²) in [7, 11) is 0. The molecule has 90 valence electrons. The molecule has 1 heterocycles. The van der Waals surface area contributed by atoms with Gasteiger partial charge in [-0.1, -0.05) is 30.3 Å². The molecule has 0 aliphatic carbocycles. The molecule has 0 atom stereocenters. The number of hydrogen-bond acceptors (Lipinski definition) is 2. The van der Waals surface area contributed by atoms with Crippen molar-refractivity contribution in [2.45, 2.75) is 13.5 Å². The van der Waals surface area contributed by atoms with Crippen molar-refractivity contribution in [1.29, 1.82) is 0 Å². The average molecular weight is 254 g/mol. The molecule has 3 aromatic rings. The Morgan fingerprint density at radius 3 is 2.72 bits per heavy atom. The van der Waals surface area contributed by atoms with Crippen LogP contribution < -0.4 is 4.74 Å². The largest absolute Gasteiger partial charge is 0.488 e. The van der Waals surface area contributed by atoms with Crippen LogP contribution in [0, 0.1) is 6.92 Å². The molecule has 0 amide bonds. The van der Waals surface area contributed by atoms with Gasteiger partial charge in [0.15, 0.2) is 0 Å². The number of aryl methyl sites for hydroxylation is 1. The van der Waals surface area contributed by atoms with Crippen LogP contribution in [0.2, 0.25) is 0 Å². The zero-order valence-electron chi connectivity index (χ0n) is 10.2. The van der Waals surface area contributed by atoms with E-state index >= 15 is 0 Å². The maximum atomic E-state index is 5.81. The van der Waals surface area contributed by atoms with E-state index in [1.54, 1.807) is 11.3 Å². The summed E-state index contributed by atoms with van der Waals surface area (Å²) in [4.78, 5) is 1.26. The van der Waals surface area contributed by atoms with Gasteiger partial charge in [-0.05, 0) is 42.1 Å². The van der Waals surface area contributed by atoms with Gasteiger partial charge in [-0.15, -0.1) is 11.3 Å². The number of hydrogen-bond donors (Lipinski definition) is 0. The highest BCUT2D eigenvalue weighted by molar-refractivity contribution is 7.19. The van der Waals surface area contributed by atoms with E-state index in [0.29, 0.717) is 6.61 Å². The Labute approximate surface area is 111 Å². The molecule has 18 heavy (non-hydrogen) atoms. The number of thiophene rings is 1. The first-order valence-electron chi connectivity index (χ1n) is 5.98. The van der Waals surface area contributed by atoms with Crippen LogP contribution in [0.25, 0.3) is 10.1 Å². The Morgan fingerprint density at radius 1 is 1.00 bits per heavy atom. The average Bonchev–Trinajstić information content (AvgIpc) is 2.79. The van der Waals surface area contributed by atoms with Crippen LogP contribution in [-0.4, -0.2) is 0 Å². The van der Waals surface area contributed by atoms with Gasteiger partial charge in [0, 0.05) is 9.58 Å². The van der Waals surface area contributed by atoms with Gasteiger partial charge in [-0.25, -0.2) is 0 Å². The Morgan fingerprint density at radius 2 is 1.89 bits per heavy atom. The molecule has 0 bridgehead atoms. The van der Waals surface area contributed by atoms with Crippen molar-refractivity contribution in [3.05, 3.63) is 65.0 Å². The summed E-state index contributed by atoms with van der Waals surface area (Å²) in [5, 5.41) is 1.30. The van der Waals surface area contributed by atoms with Crippen molar-refractivity contribution in [1.82, 2.24) is 0 Å². The van der Waals surface area contributed by atoms with Gasteiger partial charge in [0.2, 0.25) is 0 Å². The lowest BCUT2D eigenvalue weighted by Crippen LogP contribution is -1.92. The fourth-order valence-corrected chi connectivity index (χ4v) is 2.95. The van der Waals surface area contributed by atoms with Gasteiger partial charge in [0.05, 0.1) is 0 Å².